The fourth-order valence-corrected chi connectivity index (χ4v) is 5.57. The van der Waals surface area contributed by atoms with Crippen molar-refractivity contribution in [3.8, 4) is 0 Å². The van der Waals surface area contributed by atoms with Gasteiger partial charge in [0.05, 0.1) is 31.7 Å². The van der Waals surface area contributed by atoms with E-state index in [0.717, 1.165) is 73.9 Å². The maximum atomic E-state index is 5.50. The van der Waals surface area contributed by atoms with E-state index in [0.29, 0.717) is 6.54 Å². The first-order chi connectivity index (χ1) is 15.1. The molecule has 0 aromatic carbocycles. The van der Waals surface area contributed by atoms with Crippen LogP contribution in [0.2, 0.25) is 0 Å². The smallest absolute Gasteiger partial charge is 0.152 e. The summed E-state index contributed by atoms with van der Waals surface area (Å²) >= 11 is 1.77. The third-order valence-corrected chi connectivity index (χ3v) is 7.55. The molecule has 3 aromatic rings. The number of rotatable bonds is 5. The normalized spacial score (nSPS) is 17.6. The molecule has 0 saturated carbocycles. The summed E-state index contributed by atoms with van der Waals surface area (Å²) in [6, 6.07) is 0. The van der Waals surface area contributed by atoms with Crippen LogP contribution < -0.4 is 4.90 Å². The summed E-state index contributed by atoms with van der Waals surface area (Å²) in [4.78, 5) is 17.0. The van der Waals surface area contributed by atoms with Gasteiger partial charge in [-0.2, -0.15) is 0 Å². The summed E-state index contributed by atoms with van der Waals surface area (Å²) < 4.78 is 7.82. The number of aromatic nitrogens is 5. The van der Waals surface area contributed by atoms with Gasteiger partial charge in [0.15, 0.2) is 5.82 Å². The van der Waals surface area contributed by atoms with Gasteiger partial charge in [-0.3, -0.25) is 4.90 Å². The van der Waals surface area contributed by atoms with Crippen LogP contribution in [0.1, 0.15) is 47.2 Å². The van der Waals surface area contributed by atoms with Crippen molar-refractivity contribution in [2.75, 3.05) is 38.3 Å². The molecule has 0 spiro atoms. The van der Waals surface area contributed by atoms with Crippen molar-refractivity contribution < 1.29 is 4.74 Å². The summed E-state index contributed by atoms with van der Waals surface area (Å²) in [7, 11) is 2.12. The lowest BCUT2D eigenvalue weighted by Gasteiger charge is -2.26. The number of nitrogens with zero attached hydrogens (tertiary/aromatic N) is 7. The topological polar surface area (TPSA) is 72.2 Å². The van der Waals surface area contributed by atoms with Crippen LogP contribution >= 0.6 is 11.3 Å². The molecule has 3 aromatic heterocycles. The standard InChI is InChI=1S/C22H31N7OS/c1-15-16(2)31-22-20(15)21(23-17(24-22)13-28-9-11-30-12-10-28)27(3)14-19-26-25-18-7-5-4-6-8-29(18)19/h4-14H2,1-3H3. The average molecular weight is 442 g/mol. The van der Waals surface area contributed by atoms with E-state index in [-0.39, 0.29) is 0 Å². The largest absolute Gasteiger partial charge is 0.379 e. The van der Waals surface area contributed by atoms with E-state index in [1.807, 2.05) is 0 Å². The summed E-state index contributed by atoms with van der Waals surface area (Å²) in [5.74, 6) is 4.05. The Labute approximate surface area is 187 Å². The van der Waals surface area contributed by atoms with Crippen LogP contribution in [0.5, 0.6) is 0 Å². The van der Waals surface area contributed by atoms with E-state index in [4.69, 9.17) is 14.7 Å². The fourth-order valence-electron chi connectivity index (χ4n) is 4.53. The first-order valence-electron chi connectivity index (χ1n) is 11.3. The first kappa shape index (κ1) is 20.8. The van der Waals surface area contributed by atoms with Gasteiger partial charge in [0.2, 0.25) is 0 Å². The van der Waals surface area contributed by atoms with Crippen molar-refractivity contribution in [2.45, 2.75) is 59.2 Å². The molecule has 5 heterocycles. The number of aryl methyl sites for hydroxylation is 3. The molecule has 2 aliphatic rings. The molecule has 0 amide bonds. The number of hydrogen-bond acceptors (Lipinski definition) is 8. The number of ether oxygens (including phenoxy) is 1. The Morgan fingerprint density at radius 3 is 2.71 bits per heavy atom. The Morgan fingerprint density at radius 1 is 1.03 bits per heavy atom. The van der Waals surface area contributed by atoms with E-state index >= 15 is 0 Å². The van der Waals surface area contributed by atoms with Gasteiger partial charge in [-0.1, -0.05) is 6.42 Å². The van der Waals surface area contributed by atoms with Gasteiger partial charge in [-0.15, -0.1) is 21.5 Å². The van der Waals surface area contributed by atoms with Crippen LogP contribution in [-0.4, -0.2) is 63.0 Å². The highest BCUT2D eigenvalue weighted by Gasteiger charge is 2.22. The molecule has 5 rings (SSSR count). The lowest BCUT2D eigenvalue weighted by atomic mass is 10.2. The minimum Gasteiger partial charge on any atom is -0.379 e. The van der Waals surface area contributed by atoms with E-state index in [9.17, 15) is 0 Å². The quantitative estimate of drug-likeness (QED) is 0.602. The van der Waals surface area contributed by atoms with Crippen LogP contribution in [0.15, 0.2) is 0 Å². The van der Waals surface area contributed by atoms with E-state index in [1.54, 1.807) is 11.3 Å². The molecule has 0 atom stereocenters. The van der Waals surface area contributed by atoms with Crippen LogP contribution in [-0.2, 0) is 30.8 Å². The molecule has 0 aliphatic carbocycles. The summed E-state index contributed by atoms with van der Waals surface area (Å²) in [5.41, 5.74) is 1.28. The third-order valence-electron chi connectivity index (χ3n) is 6.45. The Balaban J connectivity index is 1.48. The van der Waals surface area contributed by atoms with Gasteiger partial charge in [-0.25, -0.2) is 9.97 Å². The van der Waals surface area contributed by atoms with Crippen LogP contribution in [0, 0.1) is 13.8 Å². The molecule has 2 aliphatic heterocycles. The van der Waals surface area contributed by atoms with Crippen molar-refractivity contribution in [1.29, 1.82) is 0 Å². The zero-order valence-corrected chi connectivity index (χ0v) is 19.5. The zero-order valence-electron chi connectivity index (χ0n) is 18.7. The molecule has 1 saturated heterocycles. The summed E-state index contributed by atoms with van der Waals surface area (Å²) in [5, 5.41) is 10.2. The zero-order chi connectivity index (χ0) is 21.4. The second-order valence-corrected chi connectivity index (χ2v) is 9.87. The number of hydrogen-bond donors (Lipinski definition) is 0. The van der Waals surface area contributed by atoms with Gasteiger partial charge in [0.1, 0.15) is 22.3 Å². The Bertz CT molecular complexity index is 1070. The summed E-state index contributed by atoms with van der Waals surface area (Å²) in [6.45, 7) is 10.3. The van der Waals surface area contributed by atoms with Crippen molar-refractivity contribution >= 4 is 27.4 Å². The third kappa shape index (κ3) is 4.18. The van der Waals surface area contributed by atoms with Crippen molar-refractivity contribution in [3.05, 3.63) is 27.9 Å². The number of fused-ring (bicyclic) bond motifs is 2. The average Bonchev–Trinajstić information content (AvgIpc) is 3.16. The molecule has 0 N–H and O–H groups in total. The molecular weight excluding hydrogens is 410 g/mol. The lowest BCUT2D eigenvalue weighted by molar-refractivity contribution is 0.0331. The van der Waals surface area contributed by atoms with Crippen molar-refractivity contribution in [3.63, 3.8) is 0 Å². The van der Waals surface area contributed by atoms with Gasteiger partial charge in [-0.05, 0) is 32.3 Å². The molecule has 0 unspecified atom stereocenters. The second kappa shape index (κ2) is 8.80. The maximum absolute atomic E-state index is 5.50. The number of thiophene rings is 1. The van der Waals surface area contributed by atoms with E-state index < -0.39 is 0 Å². The van der Waals surface area contributed by atoms with Crippen molar-refractivity contribution in [1.82, 2.24) is 29.6 Å². The summed E-state index contributed by atoms with van der Waals surface area (Å²) in [6.07, 6.45) is 4.70. The molecule has 0 bridgehead atoms. The molecular formula is C22H31N7OS. The second-order valence-electron chi connectivity index (χ2n) is 8.67. The molecule has 31 heavy (non-hydrogen) atoms. The highest BCUT2D eigenvalue weighted by molar-refractivity contribution is 7.18. The van der Waals surface area contributed by atoms with Crippen molar-refractivity contribution in [2.24, 2.45) is 0 Å². The molecule has 0 radical (unpaired) electrons. The molecule has 9 heteroatoms. The van der Waals surface area contributed by atoms with Gasteiger partial charge in [0.25, 0.3) is 0 Å². The maximum Gasteiger partial charge on any atom is 0.152 e. The Kier molecular flexibility index (Phi) is 5.90. The van der Waals surface area contributed by atoms with E-state index in [1.165, 1.54) is 35.1 Å². The minimum atomic E-state index is 0.699. The van der Waals surface area contributed by atoms with Crippen LogP contribution in [0.3, 0.4) is 0 Å². The highest BCUT2D eigenvalue weighted by atomic mass is 32.1. The lowest BCUT2D eigenvalue weighted by Crippen LogP contribution is -2.36. The predicted octanol–water partition coefficient (Wildman–Crippen LogP) is 3.09. The Morgan fingerprint density at radius 2 is 1.87 bits per heavy atom. The fraction of sp³-hybridized carbons (Fsp3) is 0.636. The molecule has 166 valence electrons. The number of anilines is 1. The minimum absolute atomic E-state index is 0.699. The molecule has 8 nitrogen and oxygen atoms in total. The number of morpholine rings is 1. The van der Waals surface area contributed by atoms with Gasteiger partial charge < -0.3 is 14.2 Å². The first-order valence-corrected chi connectivity index (χ1v) is 12.1. The van der Waals surface area contributed by atoms with Gasteiger partial charge in [0, 0.05) is 38.0 Å². The predicted molar refractivity (Wildman–Crippen MR) is 123 cm³/mol. The molecule has 1 fully saturated rings. The highest BCUT2D eigenvalue weighted by Crippen LogP contribution is 2.35. The SMILES string of the molecule is Cc1sc2nc(CN3CCOCC3)nc(N(C)Cc3nnc4n3CCCCC4)c2c1C. The monoisotopic (exact) mass is 441 g/mol. The van der Waals surface area contributed by atoms with Crippen LogP contribution in [0.25, 0.3) is 10.2 Å². The van der Waals surface area contributed by atoms with Gasteiger partial charge >= 0.3 is 0 Å². The Hall–Kier alpha value is -2.10. The van der Waals surface area contributed by atoms with E-state index in [2.05, 4.69) is 45.5 Å². The van der Waals surface area contributed by atoms with Crippen LogP contribution in [0.4, 0.5) is 5.82 Å².